The quantitative estimate of drug-likeness (QED) is 0.794. The summed E-state index contributed by atoms with van der Waals surface area (Å²) in [6.07, 6.45) is 0.354. The Morgan fingerprint density at radius 2 is 2.12 bits per heavy atom. The van der Waals surface area contributed by atoms with Gasteiger partial charge in [0.2, 0.25) is 5.91 Å². The fourth-order valence-corrected chi connectivity index (χ4v) is 2.47. The molecule has 0 atom stereocenters. The molecule has 3 nitrogen and oxygen atoms in total. The number of benzene rings is 1. The lowest BCUT2D eigenvalue weighted by atomic mass is 10.1. The summed E-state index contributed by atoms with van der Waals surface area (Å²) in [6.45, 7) is 5.80. The van der Waals surface area contributed by atoms with E-state index >= 15 is 0 Å². The van der Waals surface area contributed by atoms with Gasteiger partial charge in [0.05, 0.1) is 16.6 Å². The van der Waals surface area contributed by atoms with Crippen molar-refractivity contribution in [1.29, 1.82) is 0 Å². The maximum Gasteiger partial charge on any atom is 0.228 e. The molecule has 1 aromatic carbocycles. The first-order valence-electron chi connectivity index (χ1n) is 5.16. The fourth-order valence-electron chi connectivity index (χ4n) is 1.82. The summed E-state index contributed by atoms with van der Waals surface area (Å²) in [7, 11) is 0. The zero-order chi connectivity index (χ0) is 11.9. The fraction of sp³-hybridized carbons (Fsp3) is 0.417. The molecule has 0 fully saturated rings. The molecule has 86 valence electrons. The van der Waals surface area contributed by atoms with Crippen molar-refractivity contribution in [1.82, 2.24) is 0 Å². The monoisotopic (exact) mass is 283 g/mol. The van der Waals surface area contributed by atoms with E-state index in [1.54, 1.807) is 0 Å². The van der Waals surface area contributed by atoms with Crippen molar-refractivity contribution in [2.75, 3.05) is 5.32 Å². The molecule has 1 N–H and O–H groups in total. The number of hydrogen-bond donors (Lipinski definition) is 1. The summed E-state index contributed by atoms with van der Waals surface area (Å²) >= 11 is 3.46. The Hall–Kier alpha value is -1.03. The van der Waals surface area contributed by atoms with Gasteiger partial charge in [-0.3, -0.25) is 4.79 Å². The summed E-state index contributed by atoms with van der Waals surface area (Å²) in [5, 5.41) is 2.87. The van der Waals surface area contributed by atoms with Crippen molar-refractivity contribution in [2.24, 2.45) is 0 Å². The minimum Gasteiger partial charge on any atom is -0.484 e. The predicted molar refractivity (Wildman–Crippen MR) is 66.8 cm³/mol. The van der Waals surface area contributed by atoms with Gasteiger partial charge in [-0.2, -0.15) is 0 Å². The van der Waals surface area contributed by atoms with Crippen molar-refractivity contribution >= 4 is 27.5 Å². The van der Waals surface area contributed by atoms with E-state index in [2.05, 4.69) is 21.2 Å². The molecule has 0 spiro atoms. The molecule has 1 aromatic rings. The largest absolute Gasteiger partial charge is 0.484 e. The highest BCUT2D eigenvalue weighted by Crippen LogP contribution is 2.39. The maximum absolute atomic E-state index is 11.7. The number of carbonyl (C=O) groups is 1. The molecule has 16 heavy (non-hydrogen) atoms. The van der Waals surface area contributed by atoms with Gasteiger partial charge >= 0.3 is 0 Å². The van der Waals surface area contributed by atoms with E-state index in [-0.39, 0.29) is 5.91 Å². The lowest BCUT2D eigenvalue weighted by molar-refractivity contribution is -0.118. The summed E-state index contributed by atoms with van der Waals surface area (Å²) in [6, 6.07) is 3.89. The molecule has 0 saturated heterocycles. The number of nitrogens with one attached hydrogen (secondary N) is 1. The Morgan fingerprint density at radius 3 is 2.81 bits per heavy atom. The van der Waals surface area contributed by atoms with Crippen LogP contribution in [0.5, 0.6) is 5.75 Å². The van der Waals surface area contributed by atoms with Crippen LogP contribution in [0.2, 0.25) is 0 Å². The summed E-state index contributed by atoms with van der Waals surface area (Å²) in [5.74, 6) is 0.697. The predicted octanol–water partition coefficient (Wildman–Crippen LogP) is 3.26. The van der Waals surface area contributed by atoms with Crippen molar-refractivity contribution in [3.63, 3.8) is 0 Å². The molecule has 1 heterocycles. The molecule has 0 saturated carbocycles. The number of fused-ring (bicyclic) bond motifs is 1. The SMILES string of the molecule is Cc1cc(Br)c2c(c1)NC(=O)CC(C)(C)O2. The normalized spacial score (nSPS) is 18.1. The van der Waals surface area contributed by atoms with E-state index in [0.717, 1.165) is 15.7 Å². The van der Waals surface area contributed by atoms with Crippen LogP contribution in [0.1, 0.15) is 25.8 Å². The number of hydrogen-bond acceptors (Lipinski definition) is 2. The third-order valence-corrected chi connectivity index (χ3v) is 3.02. The second kappa shape index (κ2) is 3.77. The van der Waals surface area contributed by atoms with E-state index in [4.69, 9.17) is 4.74 Å². The molecule has 0 aliphatic carbocycles. The van der Waals surface area contributed by atoms with E-state index in [1.165, 1.54) is 0 Å². The molecular weight excluding hydrogens is 270 g/mol. The van der Waals surface area contributed by atoms with Crippen molar-refractivity contribution in [3.05, 3.63) is 22.2 Å². The Morgan fingerprint density at radius 1 is 1.44 bits per heavy atom. The van der Waals surface area contributed by atoms with Gasteiger partial charge in [-0.1, -0.05) is 0 Å². The van der Waals surface area contributed by atoms with Crippen molar-refractivity contribution < 1.29 is 9.53 Å². The Labute approximate surface area is 103 Å². The minimum absolute atomic E-state index is 0.0127. The summed E-state index contributed by atoms with van der Waals surface area (Å²) in [5.41, 5.74) is 1.34. The molecule has 0 bridgehead atoms. The number of amides is 1. The first-order valence-corrected chi connectivity index (χ1v) is 5.96. The van der Waals surface area contributed by atoms with Gasteiger partial charge in [-0.05, 0) is 54.4 Å². The highest BCUT2D eigenvalue weighted by molar-refractivity contribution is 9.10. The number of rotatable bonds is 0. The van der Waals surface area contributed by atoms with Gasteiger partial charge in [-0.25, -0.2) is 0 Å². The molecule has 1 amide bonds. The first kappa shape index (κ1) is 11.5. The first-order chi connectivity index (χ1) is 7.37. The van der Waals surface area contributed by atoms with E-state index in [1.807, 2.05) is 32.9 Å². The van der Waals surface area contributed by atoms with Crippen LogP contribution in [-0.2, 0) is 4.79 Å². The molecule has 0 unspecified atom stereocenters. The van der Waals surface area contributed by atoms with Crippen LogP contribution in [0, 0.1) is 6.92 Å². The summed E-state index contributed by atoms with van der Waals surface area (Å²) in [4.78, 5) is 11.7. The lowest BCUT2D eigenvalue weighted by Crippen LogP contribution is -2.30. The van der Waals surface area contributed by atoms with Gasteiger partial charge in [0.15, 0.2) is 5.75 Å². The number of halogens is 1. The standard InChI is InChI=1S/C12H14BrNO2/c1-7-4-8(13)11-9(5-7)14-10(15)6-12(2,3)16-11/h4-5H,6H2,1-3H3,(H,14,15). The van der Waals surface area contributed by atoms with Crippen LogP contribution >= 0.6 is 15.9 Å². The zero-order valence-electron chi connectivity index (χ0n) is 9.56. The number of carbonyl (C=O) groups excluding carboxylic acids is 1. The zero-order valence-corrected chi connectivity index (χ0v) is 11.1. The molecule has 1 aliphatic heterocycles. The molecule has 0 aromatic heterocycles. The minimum atomic E-state index is -0.479. The molecule has 1 aliphatic rings. The van der Waals surface area contributed by atoms with Crippen LogP contribution in [-0.4, -0.2) is 11.5 Å². The number of ether oxygens (including phenoxy) is 1. The van der Waals surface area contributed by atoms with Crippen LogP contribution in [0.4, 0.5) is 5.69 Å². The highest BCUT2D eigenvalue weighted by Gasteiger charge is 2.30. The topological polar surface area (TPSA) is 38.3 Å². The number of anilines is 1. The van der Waals surface area contributed by atoms with Crippen LogP contribution in [0.3, 0.4) is 0 Å². The molecule has 4 heteroatoms. The van der Waals surface area contributed by atoms with E-state index in [0.29, 0.717) is 12.2 Å². The second-order valence-corrected chi connectivity index (χ2v) is 5.56. The van der Waals surface area contributed by atoms with E-state index in [9.17, 15) is 4.79 Å². The maximum atomic E-state index is 11.7. The Bertz CT molecular complexity index is 455. The van der Waals surface area contributed by atoms with Crippen LogP contribution in [0.15, 0.2) is 16.6 Å². The Balaban J connectivity index is 2.54. The third kappa shape index (κ3) is 2.21. The van der Waals surface area contributed by atoms with Gasteiger partial charge in [-0.15, -0.1) is 0 Å². The Kier molecular flexibility index (Phi) is 2.70. The van der Waals surface area contributed by atoms with Gasteiger partial charge < -0.3 is 10.1 Å². The average Bonchev–Trinajstić information content (AvgIpc) is 2.19. The van der Waals surface area contributed by atoms with Gasteiger partial charge in [0, 0.05) is 0 Å². The van der Waals surface area contributed by atoms with Gasteiger partial charge in [0.1, 0.15) is 5.60 Å². The highest BCUT2D eigenvalue weighted by atomic mass is 79.9. The summed E-state index contributed by atoms with van der Waals surface area (Å²) < 4.78 is 6.74. The lowest BCUT2D eigenvalue weighted by Gasteiger charge is -2.23. The smallest absolute Gasteiger partial charge is 0.228 e. The second-order valence-electron chi connectivity index (χ2n) is 4.71. The van der Waals surface area contributed by atoms with Gasteiger partial charge in [0.25, 0.3) is 0 Å². The molecule has 0 radical (unpaired) electrons. The van der Waals surface area contributed by atoms with Crippen LogP contribution < -0.4 is 10.1 Å². The average molecular weight is 284 g/mol. The third-order valence-electron chi connectivity index (χ3n) is 2.43. The van der Waals surface area contributed by atoms with E-state index < -0.39 is 5.60 Å². The van der Waals surface area contributed by atoms with Crippen molar-refractivity contribution in [3.8, 4) is 5.75 Å². The van der Waals surface area contributed by atoms with Crippen LogP contribution in [0.25, 0.3) is 0 Å². The molecular formula is C12H14BrNO2. The van der Waals surface area contributed by atoms with Crippen molar-refractivity contribution in [2.45, 2.75) is 32.8 Å². The molecule has 2 rings (SSSR count). The number of aryl methyl sites for hydroxylation is 1.